The maximum atomic E-state index is 10.4. The molecule has 0 aliphatic carbocycles. The fraction of sp³-hybridized carbons (Fsp3) is 0.429. The minimum atomic E-state index is -6.00. The summed E-state index contributed by atoms with van der Waals surface area (Å²) in [6, 6.07) is 0. The molecule has 0 spiro atoms. The molecule has 1 aliphatic heterocycles. The van der Waals surface area contributed by atoms with Gasteiger partial charge in [0, 0.05) is 13.1 Å². The molecule has 0 unspecified atom stereocenters. The third-order valence-corrected chi connectivity index (χ3v) is 2.22. The Morgan fingerprint density at radius 2 is 1.76 bits per heavy atom. The second kappa shape index (κ2) is 6.65. The Morgan fingerprint density at radius 1 is 1.24 bits per heavy atom. The number of hydrogen-bond acceptors (Lipinski definition) is 3. The highest BCUT2D eigenvalue weighted by Gasteiger charge is 2.20. The summed E-state index contributed by atoms with van der Waals surface area (Å²) in [5.41, 5.74) is 0. The molecule has 10 heteroatoms. The zero-order valence-corrected chi connectivity index (χ0v) is 9.46. The fourth-order valence-corrected chi connectivity index (χ4v) is 1.37. The van der Waals surface area contributed by atoms with Crippen LogP contribution in [-0.4, -0.2) is 44.0 Å². The molecule has 0 aromatic carbocycles. The van der Waals surface area contributed by atoms with Crippen LogP contribution in [0.3, 0.4) is 0 Å². The van der Waals surface area contributed by atoms with Gasteiger partial charge in [-0.25, -0.2) is 0 Å². The molecule has 4 nitrogen and oxygen atoms in total. The Kier molecular flexibility index (Phi) is 6.25. The lowest BCUT2D eigenvalue weighted by molar-refractivity contribution is 0.368. The lowest BCUT2D eigenvalue weighted by Gasteiger charge is -2.19. The van der Waals surface area contributed by atoms with Crippen LogP contribution in [0.25, 0.3) is 0 Å². The Morgan fingerprint density at radius 3 is 2.12 bits per heavy atom. The fourth-order valence-electron chi connectivity index (χ4n) is 0.906. The first-order chi connectivity index (χ1) is 7.58. The highest BCUT2D eigenvalue weighted by atomic mass is 32.2. The third-order valence-electron chi connectivity index (χ3n) is 1.52. The van der Waals surface area contributed by atoms with Gasteiger partial charge in [0.15, 0.2) is 0 Å². The van der Waals surface area contributed by atoms with Crippen LogP contribution in [0.2, 0.25) is 0 Å². The van der Waals surface area contributed by atoms with E-state index < -0.39 is 17.4 Å². The second-order valence-electron chi connectivity index (χ2n) is 3.05. The van der Waals surface area contributed by atoms with Crippen molar-refractivity contribution >= 4 is 17.4 Å². The molecule has 0 saturated heterocycles. The van der Waals surface area contributed by atoms with Crippen molar-refractivity contribution in [2.45, 2.75) is 0 Å². The van der Waals surface area contributed by atoms with Crippen molar-refractivity contribution in [3.05, 3.63) is 24.4 Å². The van der Waals surface area contributed by atoms with Gasteiger partial charge in [0.25, 0.3) is 10.1 Å². The van der Waals surface area contributed by atoms with E-state index in [0.717, 1.165) is 0 Å². The van der Waals surface area contributed by atoms with Gasteiger partial charge in [-0.1, -0.05) is 12.2 Å². The van der Waals surface area contributed by atoms with Crippen molar-refractivity contribution in [2.24, 2.45) is 0 Å². The van der Waals surface area contributed by atoms with Gasteiger partial charge in [0.1, 0.15) is 0 Å². The summed E-state index contributed by atoms with van der Waals surface area (Å²) in [6.45, 7) is 1.03. The van der Waals surface area contributed by atoms with E-state index in [1.807, 2.05) is 23.1 Å². The van der Waals surface area contributed by atoms with E-state index in [1.54, 1.807) is 6.20 Å². The number of nitrogens with zero attached hydrogens (tertiary/aromatic N) is 1. The maximum absolute atomic E-state index is 10.4. The van der Waals surface area contributed by atoms with Crippen LogP contribution in [-0.2, 0) is 10.1 Å². The van der Waals surface area contributed by atoms with Gasteiger partial charge in [-0.05, 0) is 12.3 Å². The van der Waals surface area contributed by atoms with Crippen LogP contribution < -0.4 is 0 Å². The Labute approximate surface area is 96.5 Å². The first kappa shape index (κ1) is 16.0. The van der Waals surface area contributed by atoms with E-state index in [1.165, 1.54) is 0 Å². The summed E-state index contributed by atoms with van der Waals surface area (Å²) in [5, 5.41) is 0. The monoisotopic (exact) mass is 276 g/mol. The van der Waals surface area contributed by atoms with Gasteiger partial charge in [0.2, 0.25) is 0 Å². The normalized spacial score (nSPS) is 15.5. The van der Waals surface area contributed by atoms with Crippen molar-refractivity contribution in [3.8, 4) is 0 Å². The minimum Gasteiger partial charge on any atom is -0.418 e. The molecule has 1 aliphatic rings. The third kappa shape index (κ3) is 15.0. The molecule has 0 bridgehead atoms. The van der Waals surface area contributed by atoms with Gasteiger partial charge in [-0.15, -0.1) is 0 Å². The van der Waals surface area contributed by atoms with Gasteiger partial charge >= 0.3 is 7.25 Å². The Hall–Kier alpha value is -1.03. The number of rotatable bonds is 3. The van der Waals surface area contributed by atoms with Crippen LogP contribution in [0.4, 0.5) is 17.3 Å². The number of hydrogen-bond donors (Lipinski definition) is 1. The zero-order valence-electron chi connectivity index (χ0n) is 8.64. The summed E-state index contributed by atoms with van der Waals surface area (Å²) in [4.78, 5) is 1.81. The number of allylic oxidation sites excluding steroid dienone is 2. The van der Waals surface area contributed by atoms with Crippen molar-refractivity contribution in [3.63, 3.8) is 0 Å². The summed E-state index contributed by atoms with van der Waals surface area (Å²) < 4.78 is 68.2. The average Bonchev–Trinajstić information content (AvgIpc) is 2.13. The zero-order chi connectivity index (χ0) is 13.5. The SMILES string of the molecule is F[B-](F)(F)F.O=S(=O)(O)CCN1C=CC=CC1. The average molecular weight is 276 g/mol. The predicted molar refractivity (Wildman–Crippen MR) is 56.5 cm³/mol. The topological polar surface area (TPSA) is 57.6 Å². The second-order valence-corrected chi connectivity index (χ2v) is 4.62. The molecule has 0 atom stereocenters. The van der Waals surface area contributed by atoms with E-state index >= 15 is 0 Å². The smallest absolute Gasteiger partial charge is 0.418 e. The first-order valence-electron chi connectivity index (χ1n) is 4.48. The first-order valence-corrected chi connectivity index (χ1v) is 6.09. The van der Waals surface area contributed by atoms with Crippen LogP contribution in [0.15, 0.2) is 24.4 Å². The molecule has 0 amide bonds. The molecule has 1 heterocycles. The van der Waals surface area contributed by atoms with Crippen LogP contribution in [0, 0.1) is 0 Å². The molecule has 0 radical (unpaired) electrons. The molecular formula is C7H11BF4NO3S-. The molecule has 0 saturated carbocycles. The molecule has 0 fully saturated rings. The van der Waals surface area contributed by atoms with Crippen LogP contribution in [0.1, 0.15) is 0 Å². The summed E-state index contributed by atoms with van der Waals surface area (Å²) in [6.07, 6.45) is 7.44. The number of halogens is 4. The Balaban J connectivity index is 0.000000437. The standard InChI is InChI=1S/C7H11NO3S.BF4/c9-12(10,11)7-6-8-4-2-1-3-5-8;2-1(3,4)5/h1-4H,5-7H2,(H,9,10,11);/q;-1. The van der Waals surface area contributed by atoms with Crippen molar-refractivity contribution in [1.82, 2.24) is 4.90 Å². The van der Waals surface area contributed by atoms with Crippen molar-refractivity contribution < 1.29 is 30.2 Å². The minimum absolute atomic E-state index is 0.217. The Bertz CT molecular complexity index is 373. The highest BCUT2D eigenvalue weighted by molar-refractivity contribution is 7.85. The molecule has 17 heavy (non-hydrogen) atoms. The highest BCUT2D eigenvalue weighted by Crippen LogP contribution is 2.06. The lowest BCUT2D eigenvalue weighted by Crippen LogP contribution is -2.25. The molecule has 0 aromatic rings. The maximum Gasteiger partial charge on any atom is 0.673 e. The molecule has 1 rings (SSSR count). The van der Waals surface area contributed by atoms with Crippen LogP contribution >= 0.6 is 0 Å². The lowest BCUT2D eigenvalue weighted by atomic mass is 10.3. The largest absolute Gasteiger partial charge is 0.673 e. The molecule has 1 N–H and O–H groups in total. The molecule has 100 valence electrons. The summed E-state index contributed by atoms with van der Waals surface area (Å²) in [7, 11) is -9.82. The van der Waals surface area contributed by atoms with Gasteiger partial charge in [0.05, 0.1) is 5.75 Å². The molecular weight excluding hydrogens is 265 g/mol. The van der Waals surface area contributed by atoms with E-state index in [0.29, 0.717) is 13.1 Å². The van der Waals surface area contributed by atoms with E-state index in [2.05, 4.69) is 0 Å². The van der Waals surface area contributed by atoms with E-state index in [9.17, 15) is 25.7 Å². The van der Waals surface area contributed by atoms with Gasteiger partial charge in [-0.3, -0.25) is 4.55 Å². The predicted octanol–water partition coefficient (Wildman–Crippen LogP) is 1.56. The van der Waals surface area contributed by atoms with E-state index in [4.69, 9.17) is 4.55 Å². The van der Waals surface area contributed by atoms with Crippen molar-refractivity contribution in [2.75, 3.05) is 18.8 Å². The summed E-state index contributed by atoms with van der Waals surface area (Å²) in [5.74, 6) is -0.217. The van der Waals surface area contributed by atoms with Gasteiger partial charge < -0.3 is 22.2 Å². The quantitative estimate of drug-likeness (QED) is 0.483. The van der Waals surface area contributed by atoms with E-state index in [-0.39, 0.29) is 5.75 Å². The van der Waals surface area contributed by atoms with Crippen LogP contribution in [0.5, 0.6) is 0 Å². The summed E-state index contributed by atoms with van der Waals surface area (Å²) >= 11 is 0. The molecule has 0 aromatic heterocycles. The van der Waals surface area contributed by atoms with Crippen molar-refractivity contribution in [1.29, 1.82) is 0 Å². The van der Waals surface area contributed by atoms with Gasteiger partial charge in [-0.2, -0.15) is 8.42 Å².